The largest absolute Gasteiger partial charge is 0.519 e. The highest BCUT2D eigenvalue weighted by Crippen LogP contribution is 2.32. The molecule has 0 fully saturated rings. The van der Waals surface area contributed by atoms with Gasteiger partial charge in [0.15, 0.2) is 0 Å². The molecular weight excluding hydrogens is 392 g/mol. The van der Waals surface area contributed by atoms with Crippen molar-refractivity contribution in [2.75, 3.05) is 0 Å². The van der Waals surface area contributed by atoms with E-state index in [-0.39, 0.29) is 11.3 Å². The summed E-state index contributed by atoms with van der Waals surface area (Å²) in [6, 6.07) is 31.6. The maximum absolute atomic E-state index is 13.1. The molecule has 5 heteroatoms. The zero-order valence-corrected chi connectivity index (χ0v) is 16.4. The van der Waals surface area contributed by atoms with Crippen molar-refractivity contribution in [2.24, 2.45) is 0 Å². The minimum absolute atomic E-state index is 0.0446. The molecular formula is C26H18O5. The van der Waals surface area contributed by atoms with E-state index in [1.807, 2.05) is 36.4 Å². The molecule has 0 bridgehead atoms. The molecule has 5 nitrogen and oxygen atoms in total. The fourth-order valence-corrected chi connectivity index (χ4v) is 3.03. The van der Waals surface area contributed by atoms with Crippen LogP contribution in [0.5, 0.6) is 17.2 Å². The van der Waals surface area contributed by atoms with Crippen LogP contribution in [0.25, 0.3) is 11.1 Å². The molecule has 0 saturated carbocycles. The van der Waals surface area contributed by atoms with Crippen LogP contribution in [0, 0.1) is 0 Å². The summed E-state index contributed by atoms with van der Waals surface area (Å²) in [6.07, 6.45) is -0.954. The molecule has 0 aliphatic rings. The second-order valence-corrected chi connectivity index (χ2v) is 6.51. The lowest BCUT2D eigenvalue weighted by atomic mass is 9.99. The van der Waals surface area contributed by atoms with Crippen LogP contribution in [0.15, 0.2) is 109 Å². The van der Waals surface area contributed by atoms with Crippen molar-refractivity contribution in [3.63, 3.8) is 0 Å². The van der Waals surface area contributed by atoms with Crippen molar-refractivity contribution < 1.29 is 23.8 Å². The van der Waals surface area contributed by atoms with Gasteiger partial charge in [-0.05, 0) is 41.5 Å². The van der Waals surface area contributed by atoms with Gasteiger partial charge in [0.1, 0.15) is 22.8 Å². The summed E-state index contributed by atoms with van der Waals surface area (Å²) in [7, 11) is 0. The van der Waals surface area contributed by atoms with E-state index in [4.69, 9.17) is 14.2 Å². The van der Waals surface area contributed by atoms with E-state index in [9.17, 15) is 9.59 Å². The summed E-state index contributed by atoms with van der Waals surface area (Å²) >= 11 is 0. The standard InChI is InChI=1S/C26H18O5/c27-25(29-20-13-6-2-7-14-20)24-22(19-11-4-1-5-12-19)17-10-18-23(24)31-26(28)30-21-15-8-3-9-16-21/h1-18H. The molecule has 0 amide bonds. The fraction of sp³-hybridized carbons (Fsp3) is 0. The molecule has 0 saturated heterocycles. The average Bonchev–Trinajstić information content (AvgIpc) is 2.80. The molecule has 0 aromatic heterocycles. The van der Waals surface area contributed by atoms with Crippen LogP contribution in [-0.4, -0.2) is 12.1 Å². The van der Waals surface area contributed by atoms with E-state index in [2.05, 4.69) is 0 Å². The van der Waals surface area contributed by atoms with Gasteiger partial charge < -0.3 is 14.2 Å². The van der Waals surface area contributed by atoms with Crippen molar-refractivity contribution in [1.29, 1.82) is 0 Å². The molecule has 4 aromatic carbocycles. The maximum Gasteiger partial charge on any atom is 0.519 e. The van der Waals surface area contributed by atoms with Crippen LogP contribution in [0.2, 0.25) is 0 Å². The lowest BCUT2D eigenvalue weighted by molar-refractivity contribution is 0.0732. The monoisotopic (exact) mass is 410 g/mol. The van der Waals surface area contributed by atoms with Crippen molar-refractivity contribution in [2.45, 2.75) is 0 Å². The third-order valence-corrected chi connectivity index (χ3v) is 4.41. The summed E-state index contributed by atoms with van der Waals surface area (Å²) in [4.78, 5) is 25.5. The molecule has 0 heterocycles. The van der Waals surface area contributed by atoms with Crippen molar-refractivity contribution in [3.05, 3.63) is 115 Å². The Kier molecular flexibility index (Phi) is 6.05. The Hall–Kier alpha value is -4.38. The Morgan fingerprint density at radius 3 is 1.68 bits per heavy atom. The van der Waals surface area contributed by atoms with Gasteiger partial charge in [0.05, 0.1) is 0 Å². The molecule has 152 valence electrons. The first-order valence-electron chi connectivity index (χ1n) is 9.61. The minimum Gasteiger partial charge on any atom is -0.423 e. The highest BCUT2D eigenvalue weighted by atomic mass is 16.7. The first-order chi connectivity index (χ1) is 15.2. The Labute approximate surface area is 179 Å². The van der Waals surface area contributed by atoms with Gasteiger partial charge in [0.2, 0.25) is 0 Å². The zero-order chi connectivity index (χ0) is 21.5. The van der Waals surface area contributed by atoms with Gasteiger partial charge in [-0.3, -0.25) is 0 Å². The molecule has 4 rings (SSSR count). The van der Waals surface area contributed by atoms with Gasteiger partial charge in [0, 0.05) is 0 Å². The summed E-state index contributed by atoms with van der Waals surface area (Å²) in [6.45, 7) is 0. The summed E-state index contributed by atoms with van der Waals surface area (Å²) in [5, 5.41) is 0. The normalized spacial score (nSPS) is 10.2. The van der Waals surface area contributed by atoms with Crippen molar-refractivity contribution >= 4 is 12.1 Å². The number of para-hydroxylation sites is 2. The first-order valence-corrected chi connectivity index (χ1v) is 9.61. The molecule has 0 aliphatic heterocycles. The average molecular weight is 410 g/mol. The van der Waals surface area contributed by atoms with E-state index < -0.39 is 12.1 Å². The lowest BCUT2D eigenvalue weighted by Crippen LogP contribution is -2.18. The van der Waals surface area contributed by atoms with Crippen LogP contribution >= 0.6 is 0 Å². The van der Waals surface area contributed by atoms with Gasteiger partial charge in [-0.1, -0.05) is 78.9 Å². The zero-order valence-electron chi connectivity index (χ0n) is 16.4. The number of carbonyl (C=O) groups excluding carboxylic acids is 2. The van der Waals surface area contributed by atoms with Gasteiger partial charge in [-0.15, -0.1) is 0 Å². The molecule has 4 aromatic rings. The van der Waals surface area contributed by atoms with Gasteiger partial charge in [-0.25, -0.2) is 9.59 Å². The minimum atomic E-state index is -0.954. The number of rotatable bonds is 5. The topological polar surface area (TPSA) is 61.8 Å². The fourth-order valence-electron chi connectivity index (χ4n) is 3.03. The van der Waals surface area contributed by atoms with E-state index in [1.165, 1.54) is 6.07 Å². The molecule has 0 spiro atoms. The van der Waals surface area contributed by atoms with E-state index in [0.29, 0.717) is 17.1 Å². The summed E-state index contributed by atoms with van der Waals surface area (Å²) in [5.74, 6) is 0.115. The Morgan fingerprint density at radius 2 is 1.06 bits per heavy atom. The summed E-state index contributed by atoms with van der Waals surface area (Å²) in [5.41, 5.74) is 1.48. The van der Waals surface area contributed by atoms with Crippen LogP contribution in [0.4, 0.5) is 4.79 Å². The number of hydrogen-bond acceptors (Lipinski definition) is 5. The van der Waals surface area contributed by atoms with E-state index >= 15 is 0 Å². The van der Waals surface area contributed by atoms with Crippen LogP contribution in [0.1, 0.15) is 10.4 Å². The number of hydrogen-bond donors (Lipinski definition) is 0. The SMILES string of the molecule is O=C(Oc1ccccc1)Oc1cccc(-c2ccccc2)c1C(=O)Oc1ccccc1. The first kappa shape index (κ1) is 19.9. The third kappa shape index (κ3) is 4.97. The van der Waals surface area contributed by atoms with Crippen molar-refractivity contribution in [3.8, 4) is 28.4 Å². The van der Waals surface area contributed by atoms with Gasteiger partial charge in [0.25, 0.3) is 0 Å². The van der Waals surface area contributed by atoms with Crippen LogP contribution in [0.3, 0.4) is 0 Å². The predicted molar refractivity (Wildman–Crippen MR) is 116 cm³/mol. The molecule has 0 atom stereocenters. The number of carbonyl (C=O) groups is 2. The van der Waals surface area contributed by atoms with Gasteiger partial charge >= 0.3 is 12.1 Å². The number of benzene rings is 4. The molecule has 0 N–H and O–H groups in total. The predicted octanol–water partition coefficient (Wildman–Crippen LogP) is 6.15. The van der Waals surface area contributed by atoms with Crippen LogP contribution in [-0.2, 0) is 0 Å². The van der Waals surface area contributed by atoms with Gasteiger partial charge in [-0.2, -0.15) is 0 Å². The Morgan fingerprint density at radius 1 is 0.516 bits per heavy atom. The highest BCUT2D eigenvalue weighted by molar-refractivity contribution is 6.01. The second-order valence-electron chi connectivity index (χ2n) is 6.51. The second kappa shape index (κ2) is 9.41. The Bertz CT molecular complexity index is 1170. The smallest absolute Gasteiger partial charge is 0.423 e. The number of ether oxygens (including phenoxy) is 3. The molecule has 0 aliphatic carbocycles. The summed E-state index contributed by atoms with van der Waals surface area (Å²) < 4.78 is 16.1. The molecule has 31 heavy (non-hydrogen) atoms. The van der Waals surface area contributed by atoms with Crippen LogP contribution < -0.4 is 14.2 Å². The lowest BCUT2D eigenvalue weighted by Gasteiger charge is -2.14. The Balaban J connectivity index is 1.68. The van der Waals surface area contributed by atoms with E-state index in [1.54, 1.807) is 66.7 Å². The van der Waals surface area contributed by atoms with E-state index in [0.717, 1.165) is 5.56 Å². The molecule has 0 radical (unpaired) electrons. The van der Waals surface area contributed by atoms with Crippen molar-refractivity contribution in [1.82, 2.24) is 0 Å². The molecule has 0 unspecified atom stereocenters. The maximum atomic E-state index is 13.1. The third-order valence-electron chi connectivity index (χ3n) is 4.41. The number of esters is 1. The quantitative estimate of drug-likeness (QED) is 0.224. The highest BCUT2D eigenvalue weighted by Gasteiger charge is 2.23.